The van der Waals surface area contributed by atoms with Crippen LogP contribution in [0.5, 0.6) is 0 Å². The fourth-order valence-corrected chi connectivity index (χ4v) is 5.31. The van der Waals surface area contributed by atoms with E-state index in [9.17, 15) is 0 Å². The molecular formula is C33H29N. The highest BCUT2D eigenvalue weighted by Gasteiger charge is 2.21. The number of aromatic nitrogens is 1. The average molecular weight is 440 g/mol. The van der Waals surface area contributed by atoms with Gasteiger partial charge in [-0.1, -0.05) is 93.6 Å². The predicted octanol–water partition coefficient (Wildman–Crippen LogP) is 8.63. The zero-order valence-corrected chi connectivity index (χ0v) is 20.1. The molecule has 166 valence electrons. The first-order valence-corrected chi connectivity index (χ1v) is 12.2. The van der Waals surface area contributed by atoms with Crippen LogP contribution < -0.4 is 0 Å². The number of hydrogen-bond acceptors (Lipinski definition) is 1. The van der Waals surface area contributed by atoms with E-state index in [2.05, 4.69) is 118 Å². The van der Waals surface area contributed by atoms with E-state index in [0.717, 1.165) is 18.5 Å². The molecule has 0 amide bonds. The summed E-state index contributed by atoms with van der Waals surface area (Å²) in [6, 6.07) is 33.3. The van der Waals surface area contributed by atoms with Crippen LogP contribution >= 0.6 is 0 Å². The molecule has 0 saturated heterocycles. The molecule has 0 radical (unpaired) electrons. The first-order chi connectivity index (χ1) is 16.5. The van der Waals surface area contributed by atoms with E-state index in [-0.39, 0.29) is 5.41 Å². The van der Waals surface area contributed by atoms with Crippen LogP contribution in [0.3, 0.4) is 0 Å². The summed E-state index contributed by atoms with van der Waals surface area (Å²) in [4.78, 5) is 4.93. The quantitative estimate of drug-likeness (QED) is 0.268. The average Bonchev–Trinajstić information content (AvgIpc) is 2.87. The second-order valence-electron chi connectivity index (χ2n) is 10.5. The van der Waals surface area contributed by atoms with E-state index in [0.29, 0.717) is 0 Å². The van der Waals surface area contributed by atoms with Gasteiger partial charge in [-0.3, -0.25) is 4.98 Å². The molecule has 1 aliphatic rings. The SMILES string of the molecule is CC(C)(C)c1cc(-c2cc3c(cn2)CCc2cc(-c4ccccc4)ccc2-3)cc2ccccc12. The minimum Gasteiger partial charge on any atom is -0.256 e. The number of pyridine rings is 1. The molecule has 34 heavy (non-hydrogen) atoms. The molecule has 0 spiro atoms. The van der Waals surface area contributed by atoms with Gasteiger partial charge >= 0.3 is 0 Å². The molecule has 0 unspecified atom stereocenters. The Morgan fingerprint density at radius 3 is 2.21 bits per heavy atom. The third-order valence-electron chi connectivity index (χ3n) is 7.12. The van der Waals surface area contributed by atoms with Crippen molar-refractivity contribution in [1.29, 1.82) is 0 Å². The van der Waals surface area contributed by atoms with Gasteiger partial charge in [-0.2, -0.15) is 0 Å². The van der Waals surface area contributed by atoms with E-state index >= 15 is 0 Å². The summed E-state index contributed by atoms with van der Waals surface area (Å²) in [6.07, 6.45) is 4.21. The molecule has 0 atom stereocenters. The normalized spacial score (nSPS) is 12.9. The molecule has 4 aromatic carbocycles. The lowest BCUT2D eigenvalue weighted by atomic mass is 9.81. The molecule has 1 heteroatoms. The van der Waals surface area contributed by atoms with Crippen LogP contribution in [0, 0.1) is 0 Å². The fraction of sp³-hybridized carbons (Fsp3) is 0.182. The molecule has 0 saturated carbocycles. The molecule has 0 fully saturated rings. The monoisotopic (exact) mass is 439 g/mol. The van der Waals surface area contributed by atoms with Crippen molar-refractivity contribution in [3.05, 3.63) is 114 Å². The van der Waals surface area contributed by atoms with E-state index in [1.54, 1.807) is 0 Å². The van der Waals surface area contributed by atoms with Crippen molar-refractivity contribution in [3.8, 4) is 33.5 Å². The molecule has 0 aliphatic heterocycles. The number of benzene rings is 4. The predicted molar refractivity (Wildman–Crippen MR) is 144 cm³/mol. The summed E-state index contributed by atoms with van der Waals surface area (Å²) in [5, 5.41) is 2.60. The van der Waals surface area contributed by atoms with Crippen molar-refractivity contribution in [2.24, 2.45) is 0 Å². The van der Waals surface area contributed by atoms with Crippen LogP contribution in [-0.2, 0) is 18.3 Å². The van der Waals surface area contributed by atoms with Crippen molar-refractivity contribution < 1.29 is 0 Å². The van der Waals surface area contributed by atoms with Gasteiger partial charge in [0, 0.05) is 11.8 Å². The minimum atomic E-state index is 0.0598. The minimum absolute atomic E-state index is 0.0598. The van der Waals surface area contributed by atoms with Gasteiger partial charge < -0.3 is 0 Å². The maximum atomic E-state index is 4.93. The molecule has 0 N–H and O–H groups in total. The lowest BCUT2D eigenvalue weighted by Gasteiger charge is -2.24. The third-order valence-corrected chi connectivity index (χ3v) is 7.12. The fourth-order valence-electron chi connectivity index (χ4n) is 5.31. The number of hydrogen-bond donors (Lipinski definition) is 0. The highest BCUT2D eigenvalue weighted by Crippen LogP contribution is 2.39. The van der Waals surface area contributed by atoms with Gasteiger partial charge in [0.1, 0.15) is 0 Å². The Balaban J connectivity index is 1.48. The molecule has 1 aromatic heterocycles. The summed E-state index contributed by atoms with van der Waals surface area (Å²) >= 11 is 0. The van der Waals surface area contributed by atoms with Crippen LogP contribution in [0.2, 0.25) is 0 Å². The van der Waals surface area contributed by atoms with Crippen LogP contribution in [0.15, 0.2) is 97.2 Å². The molecule has 5 aromatic rings. The van der Waals surface area contributed by atoms with Crippen molar-refractivity contribution >= 4 is 10.8 Å². The Kier molecular flexibility index (Phi) is 4.88. The van der Waals surface area contributed by atoms with Crippen molar-refractivity contribution in [1.82, 2.24) is 4.98 Å². The number of rotatable bonds is 2. The zero-order valence-electron chi connectivity index (χ0n) is 20.1. The molecule has 1 nitrogen and oxygen atoms in total. The van der Waals surface area contributed by atoms with Crippen molar-refractivity contribution in [2.75, 3.05) is 0 Å². The summed E-state index contributed by atoms with van der Waals surface area (Å²) in [6.45, 7) is 6.87. The largest absolute Gasteiger partial charge is 0.256 e. The Morgan fingerprint density at radius 1 is 0.618 bits per heavy atom. The van der Waals surface area contributed by atoms with E-state index in [1.165, 1.54) is 55.3 Å². The lowest BCUT2D eigenvalue weighted by Crippen LogP contribution is -2.12. The van der Waals surface area contributed by atoms with Gasteiger partial charge in [0.25, 0.3) is 0 Å². The summed E-state index contributed by atoms with van der Waals surface area (Å²) in [5.74, 6) is 0. The van der Waals surface area contributed by atoms with Gasteiger partial charge in [-0.25, -0.2) is 0 Å². The molecule has 1 heterocycles. The summed E-state index contributed by atoms with van der Waals surface area (Å²) in [7, 11) is 0. The standard InChI is InChI=1S/C33H29N/c1-33(2,3)31-19-27(18-24-11-7-8-12-29(24)31)32-20-30-26(21-34-32)14-13-25-17-23(15-16-28(25)30)22-9-5-4-6-10-22/h4-12,15-21H,13-14H2,1-3H3. The van der Waals surface area contributed by atoms with Crippen molar-refractivity contribution in [2.45, 2.75) is 39.0 Å². The van der Waals surface area contributed by atoms with Crippen LogP contribution in [0.4, 0.5) is 0 Å². The summed E-state index contributed by atoms with van der Waals surface area (Å²) < 4.78 is 0. The Labute approximate surface area is 202 Å². The van der Waals surface area contributed by atoms with Crippen LogP contribution in [0.25, 0.3) is 44.3 Å². The third kappa shape index (κ3) is 3.62. The topological polar surface area (TPSA) is 12.9 Å². The maximum Gasteiger partial charge on any atom is 0.0708 e. The first kappa shape index (κ1) is 20.9. The zero-order chi connectivity index (χ0) is 23.3. The highest BCUT2D eigenvalue weighted by molar-refractivity contribution is 5.91. The van der Waals surface area contributed by atoms with Gasteiger partial charge in [0.2, 0.25) is 0 Å². The maximum absolute atomic E-state index is 4.93. The molecule has 6 rings (SSSR count). The van der Waals surface area contributed by atoms with Gasteiger partial charge in [-0.15, -0.1) is 0 Å². The van der Waals surface area contributed by atoms with Gasteiger partial charge in [0.05, 0.1) is 5.69 Å². The van der Waals surface area contributed by atoms with E-state index < -0.39 is 0 Å². The van der Waals surface area contributed by atoms with Gasteiger partial charge in [-0.05, 0) is 86.2 Å². The lowest BCUT2D eigenvalue weighted by molar-refractivity contribution is 0.596. The summed E-state index contributed by atoms with van der Waals surface area (Å²) in [5.41, 5.74) is 11.7. The second kappa shape index (κ2) is 7.95. The second-order valence-corrected chi connectivity index (χ2v) is 10.5. The number of aryl methyl sites for hydroxylation is 2. The molecule has 1 aliphatic carbocycles. The van der Waals surface area contributed by atoms with E-state index in [1.807, 2.05) is 0 Å². The highest BCUT2D eigenvalue weighted by atomic mass is 14.7. The Bertz CT molecular complexity index is 1520. The van der Waals surface area contributed by atoms with E-state index in [4.69, 9.17) is 4.98 Å². The molecular weight excluding hydrogens is 410 g/mol. The Morgan fingerprint density at radius 2 is 1.38 bits per heavy atom. The van der Waals surface area contributed by atoms with Gasteiger partial charge in [0.15, 0.2) is 0 Å². The Hall–Kier alpha value is -3.71. The number of nitrogens with zero attached hydrogens (tertiary/aromatic N) is 1. The molecule has 0 bridgehead atoms. The smallest absolute Gasteiger partial charge is 0.0708 e. The number of fused-ring (bicyclic) bond motifs is 4. The van der Waals surface area contributed by atoms with Crippen LogP contribution in [0.1, 0.15) is 37.5 Å². The van der Waals surface area contributed by atoms with Crippen molar-refractivity contribution in [3.63, 3.8) is 0 Å². The first-order valence-electron chi connectivity index (χ1n) is 12.2. The van der Waals surface area contributed by atoms with Crippen LogP contribution in [-0.4, -0.2) is 4.98 Å².